The number of hydrogen-bond acceptors (Lipinski definition) is 2. The standard InChI is InChI=1S/C7H12N2S/c1-8-10-7-6-9-4-2-3-5-9/h2-7H2. The van der Waals surface area contributed by atoms with E-state index in [9.17, 15) is 0 Å². The van der Waals surface area contributed by atoms with Crippen molar-refractivity contribution in [2.75, 3.05) is 25.4 Å². The van der Waals surface area contributed by atoms with Gasteiger partial charge in [-0.1, -0.05) is 0 Å². The minimum Gasteiger partial charge on any atom is -0.302 e. The number of rotatable bonds is 3. The Morgan fingerprint density at radius 1 is 1.40 bits per heavy atom. The summed E-state index contributed by atoms with van der Waals surface area (Å²) >= 11 is 1.34. The van der Waals surface area contributed by atoms with Gasteiger partial charge in [0, 0.05) is 6.54 Å². The molecular formula is C7H12N2S. The van der Waals surface area contributed by atoms with Crippen LogP contribution >= 0.6 is 11.9 Å². The lowest BCUT2D eigenvalue weighted by Crippen LogP contribution is -2.21. The van der Waals surface area contributed by atoms with E-state index < -0.39 is 0 Å². The molecule has 0 aromatic rings. The molecule has 0 radical (unpaired) electrons. The van der Waals surface area contributed by atoms with Gasteiger partial charge in [0.25, 0.3) is 11.9 Å². The zero-order chi connectivity index (χ0) is 7.23. The number of likely N-dealkylation sites (tertiary alicyclic amines) is 1. The average molecular weight is 156 g/mol. The first kappa shape index (κ1) is 7.90. The molecule has 0 amide bonds. The molecule has 1 saturated heterocycles. The second kappa shape index (κ2) is 4.59. The fraction of sp³-hybridized carbons (Fsp3) is 0.857. The molecule has 2 nitrogen and oxygen atoms in total. The van der Waals surface area contributed by atoms with Gasteiger partial charge < -0.3 is 4.90 Å². The van der Waals surface area contributed by atoms with Gasteiger partial charge in [0.05, 0.1) is 5.75 Å². The van der Waals surface area contributed by atoms with Gasteiger partial charge in [0.1, 0.15) is 0 Å². The van der Waals surface area contributed by atoms with Crippen LogP contribution < -0.4 is 0 Å². The summed E-state index contributed by atoms with van der Waals surface area (Å²) in [5.74, 6) is 0.976. The van der Waals surface area contributed by atoms with Gasteiger partial charge in [-0.2, -0.15) is 0 Å². The summed E-state index contributed by atoms with van der Waals surface area (Å²) in [6.07, 6.45) is 2.70. The fourth-order valence-corrected chi connectivity index (χ4v) is 1.65. The summed E-state index contributed by atoms with van der Waals surface area (Å²) in [5, 5.41) is 0. The zero-order valence-corrected chi connectivity index (χ0v) is 6.86. The van der Waals surface area contributed by atoms with Crippen LogP contribution in [0.15, 0.2) is 0 Å². The van der Waals surface area contributed by atoms with E-state index in [4.69, 9.17) is 6.57 Å². The van der Waals surface area contributed by atoms with E-state index in [1.807, 2.05) is 0 Å². The van der Waals surface area contributed by atoms with Gasteiger partial charge >= 0.3 is 0 Å². The maximum atomic E-state index is 6.55. The van der Waals surface area contributed by atoms with Crippen molar-refractivity contribution < 1.29 is 0 Å². The fourth-order valence-electron chi connectivity index (χ4n) is 1.22. The molecule has 1 fully saturated rings. The summed E-state index contributed by atoms with van der Waals surface area (Å²) in [7, 11) is 0. The van der Waals surface area contributed by atoms with E-state index in [-0.39, 0.29) is 0 Å². The van der Waals surface area contributed by atoms with Crippen LogP contribution in [0.5, 0.6) is 0 Å². The highest BCUT2D eigenvalue weighted by Crippen LogP contribution is 2.09. The van der Waals surface area contributed by atoms with Crippen molar-refractivity contribution in [1.29, 1.82) is 0 Å². The van der Waals surface area contributed by atoms with Gasteiger partial charge in [0.15, 0.2) is 0 Å². The van der Waals surface area contributed by atoms with Crippen LogP contribution in [0.4, 0.5) is 0 Å². The van der Waals surface area contributed by atoms with Crippen molar-refractivity contribution in [3.63, 3.8) is 0 Å². The molecule has 0 N–H and O–H groups in total. The van der Waals surface area contributed by atoms with E-state index >= 15 is 0 Å². The number of hydrogen-bond donors (Lipinski definition) is 0. The highest BCUT2D eigenvalue weighted by Gasteiger charge is 2.10. The van der Waals surface area contributed by atoms with Gasteiger partial charge in [-0.25, -0.2) is 10.8 Å². The minimum atomic E-state index is 0.976. The van der Waals surface area contributed by atoms with Crippen LogP contribution in [-0.4, -0.2) is 30.3 Å². The molecule has 0 aliphatic carbocycles. The first-order valence-electron chi connectivity index (χ1n) is 3.64. The predicted molar refractivity (Wildman–Crippen MR) is 44.7 cm³/mol. The van der Waals surface area contributed by atoms with Crippen molar-refractivity contribution in [3.05, 3.63) is 10.8 Å². The molecule has 0 saturated carbocycles. The largest absolute Gasteiger partial charge is 0.302 e. The molecule has 0 aromatic carbocycles. The van der Waals surface area contributed by atoms with Gasteiger partial charge in [-0.3, -0.25) is 0 Å². The van der Waals surface area contributed by atoms with Crippen molar-refractivity contribution in [1.82, 2.24) is 4.90 Å². The Morgan fingerprint density at radius 3 is 2.70 bits per heavy atom. The Bertz CT molecular complexity index is 124. The molecular weight excluding hydrogens is 144 g/mol. The topological polar surface area (TPSA) is 7.60 Å². The molecule has 0 aromatic heterocycles. The molecule has 1 heterocycles. The quantitative estimate of drug-likeness (QED) is 0.348. The third-order valence-corrected chi connectivity index (χ3v) is 2.26. The zero-order valence-electron chi connectivity index (χ0n) is 6.05. The Kier molecular flexibility index (Phi) is 3.63. The first-order valence-corrected chi connectivity index (χ1v) is 4.59. The third kappa shape index (κ3) is 2.59. The monoisotopic (exact) mass is 156 g/mol. The second-order valence-electron chi connectivity index (χ2n) is 2.47. The summed E-state index contributed by atoms with van der Waals surface area (Å²) in [6.45, 7) is 10.1. The highest BCUT2D eigenvalue weighted by atomic mass is 32.2. The van der Waals surface area contributed by atoms with E-state index in [1.54, 1.807) is 0 Å². The smallest absolute Gasteiger partial charge is 0.258 e. The lowest BCUT2D eigenvalue weighted by atomic mass is 10.4. The second-order valence-corrected chi connectivity index (χ2v) is 3.32. The Hall–Kier alpha value is -0.200. The Labute approximate surface area is 66.5 Å². The van der Waals surface area contributed by atoms with Crippen LogP contribution in [0.25, 0.3) is 4.25 Å². The Balaban J connectivity index is 1.97. The van der Waals surface area contributed by atoms with E-state index in [2.05, 4.69) is 9.15 Å². The van der Waals surface area contributed by atoms with E-state index in [1.165, 1.54) is 37.9 Å². The number of nitrogens with zero attached hydrogens (tertiary/aromatic N) is 2. The van der Waals surface area contributed by atoms with Crippen LogP contribution in [0.1, 0.15) is 12.8 Å². The molecule has 0 atom stereocenters. The Morgan fingerprint density at radius 2 is 2.10 bits per heavy atom. The van der Waals surface area contributed by atoms with Gasteiger partial charge in [-0.15, -0.1) is 0 Å². The SMILES string of the molecule is [C-]#[N+]SCCN1CCCC1. The minimum absolute atomic E-state index is 0.976. The normalized spacial score (nSPS) is 19.1. The molecule has 10 heavy (non-hydrogen) atoms. The molecule has 0 spiro atoms. The summed E-state index contributed by atoms with van der Waals surface area (Å²) < 4.78 is 3.24. The first-order chi connectivity index (χ1) is 4.93. The van der Waals surface area contributed by atoms with Crippen molar-refractivity contribution in [2.24, 2.45) is 0 Å². The molecule has 56 valence electrons. The van der Waals surface area contributed by atoms with Crippen LogP contribution in [0, 0.1) is 6.57 Å². The van der Waals surface area contributed by atoms with Gasteiger partial charge in [0.2, 0.25) is 0 Å². The van der Waals surface area contributed by atoms with Crippen LogP contribution in [0.2, 0.25) is 0 Å². The molecule has 0 bridgehead atoms. The lowest BCUT2D eigenvalue weighted by molar-refractivity contribution is 0.362. The summed E-state index contributed by atoms with van der Waals surface area (Å²) in [5.41, 5.74) is 0. The summed E-state index contributed by atoms with van der Waals surface area (Å²) in [4.78, 5) is 2.43. The highest BCUT2D eigenvalue weighted by molar-refractivity contribution is 8.01. The van der Waals surface area contributed by atoms with E-state index in [0.717, 1.165) is 12.3 Å². The average Bonchev–Trinajstić information content (AvgIpc) is 2.41. The lowest BCUT2D eigenvalue weighted by Gasteiger charge is -2.10. The van der Waals surface area contributed by atoms with Crippen molar-refractivity contribution in [2.45, 2.75) is 12.8 Å². The molecule has 0 unspecified atom stereocenters. The maximum Gasteiger partial charge on any atom is 0.258 e. The van der Waals surface area contributed by atoms with E-state index in [0.29, 0.717) is 0 Å². The van der Waals surface area contributed by atoms with Crippen LogP contribution in [-0.2, 0) is 0 Å². The predicted octanol–water partition coefficient (Wildman–Crippen LogP) is 1.65. The van der Waals surface area contributed by atoms with Crippen LogP contribution in [0.3, 0.4) is 0 Å². The molecule has 3 heteroatoms. The van der Waals surface area contributed by atoms with Crippen molar-refractivity contribution in [3.8, 4) is 0 Å². The summed E-state index contributed by atoms with van der Waals surface area (Å²) in [6, 6.07) is 0. The van der Waals surface area contributed by atoms with Crippen molar-refractivity contribution >= 4 is 11.9 Å². The molecule has 1 aliphatic heterocycles. The maximum absolute atomic E-state index is 6.55. The third-order valence-electron chi connectivity index (χ3n) is 1.76. The molecule has 1 rings (SSSR count). The van der Waals surface area contributed by atoms with Gasteiger partial charge in [-0.05, 0) is 25.9 Å². The molecule has 1 aliphatic rings.